The van der Waals surface area contributed by atoms with Crippen molar-refractivity contribution < 1.29 is 13.6 Å². The average molecular weight is 415 g/mol. The van der Waals surface area contributed by atoms with Crippen LogP contribution in [-0.4, -0.2) is 16.6 Å². The molecule has 1 N–H and O–H groups in total. The van der Waals surface area contributed by atoms with Crippen molar-refractivity contribution in [2.75, 3.05) is 5.32 Å². The lowest BCUT2D eigenvalue weighted by Gasteiger charge is -2.01. The van der Waals surface area contributed by atoms with E-state index in [9.17, 15) is 13.6 Å². The van der Waals surface area contributed by atoms with Gasteiger partial charge in [0.2, 0.25) is 0 Å². The van der Waals surface area contributed by atoms with Gasteiger partial charge >= 0.3 is 0 Å². The number of carbonyl (C=O) groups is 1. The van der Waals surface area contributed by atoms with Gasteiger partial charge in [0.25, 0.3) is 11.7 Å². The van der Waals surface area contributed by atoms with Gasteiger partial charge in [-0.05, 0) is 42.5 Å². The summed E-state index contributed by atoms with van der Waals surface area (Å²) in [7, 11) is 0. The van der Waals surface area contributed by atoms with Gasteiger partial charge in [0.1, 0.15) is 0 Å². The van der Waals surface area contributed by atoms with Crippen LogP contribution in [0.25, 0.3) is 10.2 Å². The molecule has 0 saturated carbocycles. The molecule has 0 bridgehead atoms. The van der Waals surface area contributed by atoms with Crippen molar-refractivity contribution in [2.24, 2.45) is 0 Å². The molecule has 3 aromatic rings. The van der Waals surface area contributed by atoms with Gasteiger partial charge in [-0.2, -0.15) is 8.78 Å². The molecule has 0 saturated heterocycles. The molecule has 1 amide bonds. The molecular formula is C15H9BrF2N2OS2. The van der Waals surface area contributed by atoms with E-state index >= 15 is 0 Å². The van der Waals surface area contributed by atoms with Crippen molar-refractivity contribution in [3.05, 3.63) is 52.5 Å². The summed E-state index contributed by atoms with van der Waals surface area (Å²) in [5.74, 6) is -2.73. The van der Waals surface area contributed by atoms with Crippen LogP contribution in [0.15, 0.2) is 51.8 Å². The summed E-state index contributed by atoms with van der Waals surface area (Å²) in [6.45, 7) is 0. The second-order valence-electron chi connectivity index (χ2n) is 4.49. The summed E-state index contributed by atoms with van der Waals surface area (Å²) in [6, 6.07) is 11.9. The van der Waals surface area contributed by atoms with E-state index in [4.69, 9.17) is 0 Å². The number of alkyl halides is 2. The molecule has 0 atom stereocenters. The van der Waals surface area contributed by atoms with Gasteiger partial charge in [0.05, 0.1) is 10.2 Å². The Morgan fingerprint density at radius 1 is 1.22 bits per heavy atom. The minimum atomic E-state index is -2.46. The summed E-state index contributed by atoms with van der Waals surface area (Å²) in [6.07, 6.45) is 0. The van der Waals surface area contributed by atoms with Crippen molar-refractivity contribution in [3.8, 4) is 0 Å². The largest absolute Gasteiger partial charge is 0.298 e. The molecule has 0 aliphatic heterocycles. The zero-order chi connectivity index (χ0) is 16.4. The van der Waals surface area contributed by atoms with Gasteiger partial charge in [0.15, 0.2) is 5.13 Å². The maximum absolute atomic E-state index is 12.4. The SMILES string of the molecule is O=C(Nc1nc2ccc(SC(F)F)cc2s1)c1ccc(Br)cc1. The maximum Gasteiger partial charge on any atom is 0.288 e. The van der Waals surface area contributed by atoms with Crippen LogP contribution in [0, 0.1) is 0 Å². The predicted molar refractivity (Wildman–Crippen MR) is 93.6 cm³/mol. The fraction of sp³-hybridized carbons (Fsp3) is 0.0667. The van der Waals surface area contributed by atoms with Crippen LogP contribution in [0.3, 0.4) is 0 Å². The highest BCUT2D eigenvalue weighted by Crippen LogP contribution is 2.32. The number of hydrogen-bond donors (Lipinski definition) is 1. The number of nitrogens with zero attached hydrogens (tertiary/aromatic N) is 1. The first kappa shape index (κ1) is 16.4. The van der Waals surface area contributed by atoms with E-state index < -0.39 is 5.76 Å². The Labute approximate surface area is 147 Å². The number of halogens is 3. The number of nitrogens with one attached hydrogen (secondary N) is 1. The second-order valence-corrected chi connectivity index (χ2v) is 7.50. The average Bonchev–Trinajstić information content (AvgIpc) is 2.88. The Bertz CT molecular complexity index is 852. The topological polar surface area (TPSA) is 42.0 Å². The minimum Gasteiger partial charge on any atom is -0.298 e. The minimum absolute atomic E-state index is 0.265. The lowest BCUT2D eigenvalue weighted by atomic mass is 10.2. The summed E-state index contributed by atoms with van der Waals surface area (Å²) in [4.78, 5) is 16.9. The lowest BCUT2D eigenvalue weighted by molar-refractivity contribution is 0.102. The summed E-state index contributed by atoms with van der Waals surface area (Å²) >= 11 is 5.05. The van der Waals surface area contributed by atoms with Gasteiger partial charge in [-0.3, -0.25) is 10.1 Å². The van der Waals surface area contributed by atoms with Crippen molar-refractivity contribution in [1.29, 1.82) is 0 Å². The molecule has 1 aromatic heterocycles. The molecular weight excluding hydrogens is 406 g/mol. The van der Waals surface area contributed by atoms with E-state index in [2.05, 4.69) is 26.2 Å². The quantitative estimate of drug-likeness (QED) is 0.562. The Balaban J connectivity index is 1.80. The Morgan fingerprint density at radius 3 is 2.65 bits per heavy atom. The summed E-state index contributed by atoms with van der Waals surface area (Å²) < 4.78 is 26.4. The van der Waals surface area contributed by atoms with Crippen LogP contribution >= 0.6 is 39.0 Å². The van der Waals surface area contributed by atoms with E-state index in [1.165, 1.54) is 11.3 Å². The van der Waals surface area contributed by atoms with Gasteiger partial charge in [0, 0.05) is 14.9 Å². The van der Waals surface area contributed by atoms with Crippen molar-refractivity contribution in [2.45, 2.75) is 10.7 Å². The van der Waals surface area contributed by atoms with Gasteiger partial charge in [-0.15, -0.1) is 0 Å². The molecule has 0 aliphatic carbocycles. The van der Waals surface area contributed by atoms with Crippen LogP contribution in [0.4, 0.5) is 13.9 Å². The molecule has 23 heavy (non-hydrogen) atoms. The third-order valence-electron chi connectivity index (χ3n) is 2.91. The zero-order valence-corrected chi connectivity index (χ0v) is 14.6. The molecule has 1 heterocycles. The molecule has 0 unspecified atom stereocenters. The number of amides is 1. The first-order valence-corrected chi connectivity index (χ1v) is 8.92. The monoisotopic (exact) mass is 414 g/mol. The van der Waals surface area contributed by atoms with Crippen LogP contribution in [0.2, 0.25) is 0 Å². The summed E-state index contributed by atoms with van der Waals surface area (Å²) in [5, 5.41) is 3.16. The van der Waals surface area contributed by atoms with E-state index in [-0.39, 0.29) is 5.91 Å². The molecule has 2 aromatic carbocycles. The van der Waals surface area contributed by atoms with Crippen LogP contribution in [0.1, 0.15) is 10.4 Å². The first-order valence-electron chi connectivity index (χ1n) is 6.43. The lowest BCUT2D eigenvalue weighted by Crippen LogP contribution is -2.11. The highest BCUT2D eigenvalue weighted by atomic mass is 79.9. The third-order valence-corrected chi connectivity index (χ3v) is 5.08. The highest BCUT2D eigenvalue weighted by molar-refractivity contribution is 9.10. The number of aromatic nitrogens is 1. The molecule has 0 radical (unpaired) electrons. The standard InChI is InChI=1S/C15H9BrF2N2OS2/c16-9-3-1-8(2-4-9)13(21)20-15-19-11-6-5-10(22-14(17)18)7-12(11)23-15/h1-7,14H,(H,19,20,21). The second kappa shape index (κ2) is 6.94. The number of hydrogen-bond acceptors (Lipinski definition) is 4. The van der Waals surface area contributed by atoms with Gasteiger partial charge < -0.3 is 0 Å². The molecule has 3 rings (SSSR count). The zero-order valence-electron chi connectivity index (χ0n) is 11.4. The number of thiazole rings is 1. The van der Waals surface area contributed by atoms with Crippen molar-refractivity contribution >= 4 is 60.3 Å². The van der Waals surface area contributed by atoms with E-state index in [1.807, 2.05) is 0 Å². The highest BCUT2D eigenvalue weighted by Gasteiger charge is 2.11. The van der Waals surface area contributed by atoms with Gasteiger partial charge in [-0.25, -0.2) is 4.98 Å². The Kier molecular flexibility index (Phi) is 4.93. The predicted octanol–water partition coefficient (Wildman–Crippen LogP) is 5.63. The number of carbonyl (C=O) groups excluding carboxylic acids is 1. The number of thioether (sulfide) groups is 1. The van der Waals surface area contributed by atoms with Crippen LogP contribution in [0.5, 0.6) is 0 Å². The molecule has 0 aliphatic rings. The smallest absolute Gasteiger partial charge is 0.288 e. The number of anilines is 1. The molecule has 118 valence electrons. The Morgan fingerprint density at radius 2 is 1.96 bits per heavy atom. The molecule has 0 fully saturated rings. The summed E-state index contributed by atoms with van der Waals surface area (Å²) in [5.41, 5.74) is 1.18. The van der Waals surface area contributed by atoms with Crippen LogP contribution in [-0.2, 0) is 0 Å². The van der Waals surface area contributed by atoms with Crippen molar-refractivity contribution in [1.82, 2.24) is 4.98 Å². The normalized spacial score (nSPS) is 11.1. The number of rotatable bonds is 4. The molecule has 8 heteroatoms. The van der Waals surface area contributed by atoms with Crippen LogP contribution < -0.4 is 5.32 Å². The van der Waals surface area contributed by atoms with Gasteiger partial charge in [-0.1, -0.05) is 39.0 Å². The molecule has 0 spiro atoms. The van der Waals surface area contributed by atoms with E-state index in [1.54, 1.807) is 42.5 Å². The van der Waals surface area contributed by atoms with E-state index in [0.717, 1.165) is 9.17 Å². The Hall–Kier alpha value is -1.51. The first-order chi connectivity index (χ1) is 11.0. The number of benzene rings is 2. The van der Waals surface area contributed by atoms with E-state index in [0.29, 0.717) is 32.9 Å². The van der Waals surface area contributed by atoms with Crippen molar-refractivity contribution in [3.63, 3.8) is 0 Å². The maximum atomic E-state index is 12.4. The molecule has 3 nitrogen and oxygen atoms in total. The fourth-order valence-corrected chi connectivity index (χ4v) is 3.68. The fourth-order valence-electron chi connectivity index (χ4n) is 1.91. The third kappa shape index (κ3) is 4.07. The number of fused-ring (bicyclic) bond motifs is 1.